The number of likely N-dealkylation sites (N-methyl/N-ethyl adjacent to an activating group) is 1. The lowest BCUT2D eigenvalue weighted by atomic mass is 9.87. The molecule has 6 rings (SSSR count). The zero-order chi connectivity index (χ0) is 29.9. The third-order valence-corrected chi connectivity index (χ3v) is 8.62. The summed E-state index contributed by atoms with van der Waals surface area (Å²) in [5.41, 5.74) is 7.50. The molecule has 2 aliphatic heterocycles. The number of carboxylic acids is 1. The zero-order valence-corrected chi connectivity index (χ0v) is 25.3. The van der Waals surface area contributed by atoms with E-state index in [1.54, 1.807) is 0 Å². The molecule has 0 unspecified atom stereocenters. The van der Waals surface area contributed by atoms with Gasteiger partial charge in [-0.3, -0.25) is 4.79 Å². The van der Waals surface area contributed by atoms with Crippen molar-refractivity contribution in [1.82, 2.24) is 9.47 Å². The van der Waals surface area contributed by atoms with Crippen LogP contribution < -0.4 is 4.90 Å². The van der Waals surface area contributed by atoms with Gasteiger partial charge in [-0.25, -0.2) is 4.79 Å². The Balaban J connectivity index is 1.55. The molecule has 7 heteroatoms. The van der Waals surface area contributed by atoms with Gasteiger partial charge >= 0.3 is 5.97 Å². The van der Waals surface area contributed by atoms with Gasteiger partial charge in [0.2, 0.25) is 0 Å². The van der Waals surface area contributed by atoms with Crippen LogP contribution in [0.4, 0.5) is 5.69 Å². The molecular weight excluding hydrogens is 526 g/mol. The molecule has 3 aromatic carbocycles. The monoisotopic (exact) mass is 565 g/mol. The number of aliphatic carboxylic acids is 1. The van der Waals surface area contributed by atoms with Crippen LogP contribution in [0.2, 0.25) is 0 Å². The number of nitrogens with zero attached hydrogens (tertiary/aromatic N) is 3. The lowest BCUT2D eigenvalue weighted by Crippen LogP contribution is -2.49. The van der Waals surface area contributed by atoms with Crippen molar-refractivity contribution in [2.24, 2.45) is 0 Å². The molecular formula is C35H39N3O4. The summed E-state index contributed by atoms with van der Waals surface area (Å²) in [6, 6.07) is 20.5. The van der Waals surface area contributed by atoms with Crippen molar-refractivity contribution in [2.75, 3.05) is 31.6 Å². The summed E-state index contributed by atoms with van der Waals surface area (Å²) < 4.78 is 8.41. The summed E-state index contributed by atoms with van der Waals surface area (Å²) in [5, 5.41) is 11.4. The topological polar surface area (TPSA) is 75.0 Å². The second kappa shape index (κ2) is 10.3. The average Bonchev–Trinajstić information content (AvgIpc) is 3.29. The Morgan fingerprint density at radius 2 is 1.64 bits per heavy atom. The van der Waals surface area contributed by atoms with Gasteiger partial charge in [-0.1, -0.05) is 60.2 Å². The van der Waals surface area contributed by atoms with E-state index in [1.807, 2.05) is 95.1 Å². The van der Waals surface area contributed by atoms with Crippen molar-refractivity contribution in [1.29, 1.82) is 0 Å². The number of aromatic nitrogens is 1. The summed E-state index contributed by atoms with van der Waals surface area (Å²) in [5.74, 6) is -0.677. The highest BCUT2D eigenvalue weighted by Gasteiger charge is 2.38. The van der Waals surface area contributed by atoms with Gasteiger partial charge in [0.1, 0.15) is 5.69 Å². The van der Waals surface area contributed by atoms with Gasteiger partial charge in [0.05, 0.1) is 16.8 Å². The Morgan fingerprint density at radius 1 is 0.976 bits per heavy atom. The van der Waals surface area contributed by atoms with Gasteiger partial charge < -0.3 is 24.2 Å². The van der Waals surface area contributed by atoms with Crippen molar-refractivity contribution in [3.05, 3.63) is 88.6 Å². The van der Waals surface area contributed by atoms with Crippen molar-refractivity contribution < 1.29 is 19.4 Å². The van der Waals surface area contributed by atoms with Gasteiger partial charge in [0.15, 0.2) is 6.10 Å². The first-order valence-electron chi connectivity index (χ1n) is 14.7. The number of ether oxygens (including phenoxy) is 1. The number of carbonyl (C=O) groups excluding carboxylic acids is 1. The molecule has 1 aromatic heterocycles. The standard InChI is InChI=1S/C35H39N3O4/c1-21-12-14-24(15-13-21)29-26-18-27(33(39)37-19-25(20-37)23-10-8-7-9-11-23)38-17-16-36(6)30(31(26)38)22(2)28(29)32(34(40)41)42-35(3,4)5/h7-15,18,25,32H,16-17,19-20H2,1-6H3,(H,40,41)/t32-/m0/s1. The Hall–Kier alpha value is -4.10. The number of hydrogen-bond donors (Lipinski definition) is 1. The molecule has 2 aliphatic rings. The molecule has 1 atom stereocenters. The van der Waals surface area contributed by atoms with E-state index in [2.05, 4.69) is 21.6 Å². The molecule has 4 aromatic rings. The third-order valence-electron chi connectivity index (χ3n) is 8.62. The number of rotatable bonds is 6. The first kappa shape index (κ1) is 28.0. The molecule has 0 bridgehead atoms. The fraction of sp³-hybridized carbons (Fsp3) is 0.371. The van der Waals surface area contributed by atoms with E-state index < -0.39 is 17.7 Å². The van der Waals surface area contributed by atoms with Crippen molar-refractivity contribution in [3.63, 3.8) is 0 Å². The van der Waals surface area contributed by atoms with Crippen LogP contribution in [0.15, 0.2) is 60.7 Å². The first-order chi connectivity index (χ1) is 19.9. The zero-order valence-electron chi connectivity index (χ0n) is 25.3. The Bertz CT molecular complexity index is 1680. The molecule has 0 saturated carbocycles. The largest absolute Gasteiger partial charge is 0.479 e. The van der Waals surface area contributed by atoms with E-state index in [-0.39, 0.29) is 5.91 Å². The van der Waals surface area contributed by atoms with Crippen LogP contribution in [-0.2, 0) is 16.1 Å². The highest BCUT2D eigenvalue weighted by molar-refractivity contribution is 6.11. The van der Waals surface area contributed by atoms with Crippen LogP contribution >= 0.6 is 0 Å². The summed E-state index contributed by atoms with van der Waals surface area (Å²) >= 11 is 0. The van der Waals surface area contributed by atoms with E-state index in [0.717, 1.165) is 38.8 Å². The van der Waals surface area contributed by atoms with Crippen molar-refractivity contribution in [2.45, 2.75) is 58.8 Å². The molecule has 1 saturated heterocycles. The second-order valence-corrected chi connectivity index (χ2v) is 12.8. The van der Waals surface area contributed by atoms with Gasteiger partial charge in [-0.15, -0.1) is 0 Å². The van der Waals surface area contributed by atoms with E-state index >= 15 is 0 Å². The van der Waals surface area contributed by atoms with Crippen LogP contribution in [-0.4, -0.2) is 58.7 Å². The second-order valence-electron chi connectivity index (χ2n) is 12.8. The van der Waals surface area contributed by atoms with Crippen LogP contribution in [0.3, 0.4) is 0 Å². The Morgan fingerprint density at radius 3 is 2.26 bits per heavy atom. The average molecular weight is 566 g/mol. The fourth-order valence-electron chi connectivity index (χ4n) is 6.56. The summed E-state index contributed by atoms with van der Waals surface area (Å²) in [6.45, 7) is 12.4. The van der Waals surface area contributed by atoms with Crippen LogP contribution in [0.5, 0.6) is 0 Å². The summed E-state index contributed by atoms with van der Waals surface area (Å²) in [7, 11) is 2.04. The normalized spacial score (nSPS) is 16.0. The molecule has 7 nitrogen and oxygen atoms in total. The van der Waals surface area contributed by atoms with Crippen LogP contribution in [0, 0.1) is 13.8 Å². The van der Waals surface area contributed by atoms with Crippen molar-refractivity contribution in [3.8, 4) is 11.1 Å². The fourth-order valence-corrected chi connectivity index (χ4v) is 6.56. The Kier molecular flexibility index (Phi) is 6.89. The maximum Gasteiger partial charge on any atom is 0.337 e. The molecule has 0 spiro atoms. The van der Waals surface area contributed by atoms with Gasteiger partial charge in [-0.2, -0.15) is 0 Å². The lowest BCUT2D eigenvalue weighted by molar-refractivity contribution is -0.160. The molecule has 1 N–H and O–H groups in total. The maximum atomic E-state index is 14.0. The number of aryl methyl sites for hydroxylation is 1. The predicted octanol–water partition coefficient (Wildman–Crippen LogP) is 6.56. The van der Waals surface area contributed by atoms with E-state index in [9.17, 15) is 14.7 Å². The number of benzene rings is 3. The molecule has 42 heavy (non-hydrogen) atoms. The lowest BCUT2D eigenvalue weighted by Gasteiger charge is -2.40. The van der Waals surface area contributed by atoms with E-state index in [4.69, 9.17) is 4.74 Å². The SMILES string of the molecule is Cc1ccc(-c2c([C@H](OC(C)(C)C)C(=O)O)c(C)c3c4c2cc(C(=O)N2CC(c5ccccc5)C2)n4CCN3C)cc1. The smallest absolute Gasteiger partial charge is 0.337 e. The molecule has 0 radical (unpaired) electrons. The summed E-state index contributed by atoms with van der Waals surface area (Å²) in [4.78, 5) is 31.0. The van der Waals surface area contributed by atoms with Crippen LogP contribution in [0.25, 0.3) is 22.0 Å². The maximum absolute atomic E-state index is 14.0. The molecule has 0 aliphatic carbocycles. The number of carbonyl (C=O) groups is 2. The van der Waals surface area contributed by atoms with E-state index in [1.165, 1.54) is 5.56 Å². The third kappa shape index (κ3) is 4.75. The minimum atomic E-state index is -1.18. The van der Waals surface area contributed by atoms with Gasteiger partial charge in [0.25, 0.3) is 5.91 Å². The van der Waals surface area contributed by atoms with Crippen molar-refractivity contribution >= 4 is 28.5 Å². The highest BCUT2D eigenvalue weighted by atomic mass is 16.5. The summed E-state index contributed by atoms with van der Waals surface area (Å²) in [6.07, 6.45) is -1.18. The molecule has 1 amide bonds. The molecule has 218 valence electrons. The minimum absolute atomic E-state index is 0.0173. The Labute approximate surface area is 247 Å². The predicted molar refractivity (Wildman–Crippen MR) is 166 cm³/mol. The van der Waals surface area contributed by atoms with E-state index in [0.29, 0.717) is 43.4 Å². The van der Waals surface area contributed by atoms with Gasteiger partial charge in [0, 0.05) is 50.1 Å². The first-order valence-corrected chi connectivity index (χ1v) is 14.7. The molecule has 3 heterocycles. The number of anilines is 1. The quantitative estimate of drug-likeness (QED) is 0.287. The van der Waals surface area contributed by atoms with Crippen LogP contribution in [0.1, 0.15) is 65.5 Å². The number of likely N-dealkylation sites (tertiary alicyclic amines) is 1. The minimum Gasteiger partial charge on any atom is -0.479 e. The van der Waals surface area contributed by atoms with Gasteiger partial charge in [-0.05, 0) is 62.9 Å². The highest BCUT2D eigenvalue weighted by Crippen LogP contribution is 2.48. The molecule has 1 fully saturated rings. The number of amides is 1. The number of hydrogen-bond acceptors (Lipinski definition) is 4. The number of carboxylic acid groups (broad SMARTS) is 1.